The molecule has 3 heteroatoms. The van der Waals surface area contributed by atoms with Crippen LogP contribution in [0.5, 0.6) is 0 Å². The SMILES string of the molecule is C(=Cc1ccc[nH]1)c1cnsc1. The van der Waals surface area contributed by atoms with E-state index in [9.17, 15) is 0 Å². The molecule has 0 aliphatic carbocycles. The van der Waals surface area contributed by atoms with Crippen LogP contribution < -0.4 is 0 Å². The number of aromatic amines is 1. The van der Waals surface area contributed by atoms with Gasteiger partial charge in [-0.2, -0.15) is 0 Å². The van der Waals surface area contributed by atoms with E-state index < -0.39 is 0 Å². The highest BCUT2D eigenvalue weighted by molar-refractivity contribution is 7.03. The summed E-state index contributed by atoms with van der Waals surface area (Å²) in [5.74, 6) is 0. The average molecular weight is 176 g/mol. The highest BCUT2D eigenvalue weighted by Crippen LogP contribution is 2.07. The number of nitrogens with zero attached hydrogens (tertiary/aromatic N) is 1. The summed E-state index contributed by atoms with van der Waals surface area (Å²) < 4.78 is 4.00. The summed E-state index contributed by atoms with van der Waals surface area (Å²) in [4.78, 5) is 3.10. The standard InChI is InChI=1S/C9H8N2S/c1-2-9(10-5-1)4-3-8-6-11-12-7-8/h1-7,10H. The van der Waals surface area contributed by atoms with E-state index in [1.165, 1.54) is 11.5 Å². The largest absolute Gasteiger partial charge is 0.362 e. The molecule has 0 saturated heterocycles. The first-order valence-corrected chi connectivity index (χ1v) is 4.50. The van der Waals surface area contributed by atoms with Crippen molar-refractivity contribution < 1.29 is 0 Å². The Morgan fingerprint density at radius 2 is 2.42 bits per heavy atom. The first kappa shape index (κ1) is 7.31. The molecule has 2 nitrogen and oxygen atoms in total. The Morgan fingerprint density at radius 1 is 1.42 bits per heavy atom. The topological polar surface area (TPSA) is 28.7 Å². The van der Waals surface area contributed by atoms with Gasteiger partial charge in [0.25, 0.3) is 0 Å². The van der Waals surface area contributed by atoms with Crippen molar-refractivity contribution in [2.45, 2.75) is 0 Å². The second kappa shape index (κ2) is 3.36. The summed E-state index contributed by atoms with van der Waals surface area (Å²) in [6.45, 7) is 0. The number of rotatable bonds is 2. The first-order chi connectivity index (χ1) is 5.95. The second-order valence-corrected chi connectivity index (χ2v) is 3.07. The maximum absolute atomic E-state index is 4.00. The van der Waals surface area contributed by atoms with E-state index in [-0.39, 0.29) is 0 Å². The summed E-state index contributed by atoms with van der Waals surface area (Å²) in [6, 6.07) is 4.00. The van der Waals surface area contributed by atoms with Gasteiger partial charge in [0, 0.05) is 29.0 Å². The van der Waals surface area contributed by atoms with Gasteiger partial charge in [-0.05, 0) is 29.7 Å². The van der Waals surface area contributed by atoms with Gasteiger partial charge < -0.3 is 4.98 Å². The van der Waals surface area contributed by atoms with E-state index in [4.69, 9.17) is 0 Å². The molecule has 0 aromatic carbocycles. The van der Waals surface area contributed by atoms with Crippen molar-refractivity contribution in [3.63, 3.8) is 0 Å². The predicted molar refractivity (Wildman–Crippen MR) is 51.8 cm³/mol. The van der Waals surface area contributed by atoms with Crippen molar-refractivity contribution in [3.8, 4) is 0 Å². The third kappa shape index (κ3) is 1.62. The average Bonchev–Trinajstić information content (AvgIpc) is 2.74. The molecule has 0 aliphatic rings. The van der Waals surface area contributed by atoms with E-state index in [1.54, 1.807) is 0 Å². The molecule has 0 spiro atoms. The van der Waals surface area contributed by atoms with Crippen molar-refractivity contribution in [3.05, 3.63) is 41.2 Å². The molecule has 60 valence electrons. The number of nitrogens with one attached hydrogen (secondary N) is 1. The molecular formula is C9H8N2S. The predicted octanol–water partition coefficient (Wildman–Crippen LogP) is 2.64. The molecule has 2 aromatic rings. The molecule has 0 atom stereocenters. The maximum atomic E-state index is 4.00. The number of hydrogen-bond acceptors (Lipinski definition) is 2. The lowest BCUT2D eigenvalue weighted by atomic mass is 10.3. The molecule has 0 amide bonds. The van der Waals surface area contributed by atoms with Gasteiger partial charge in [0.15, 0.2) is 0 Å². The Balaban J connectivity index is 2.14. The summed E-state index contributed by atoms with van der Waals surface area (Å²) in [7, 11) is 0. The molecule has 0 fully saturated rings. The van der Waals surface area contributed by atoms with Crippen LogP contribution in [0.25, 0.3) is 12.2 Å². The van der Waals surface area contributed by atoms with E-state index >= 15 is 0 Å². The van der Waals surface area contributed by atoms with Crippen LogP contribution in [0.4, 0.5) is 0 Å². The van der Waals surface area contributed by atoms with Gasteiger partial charge in [0.1, 0.15) is 0 Å². The van der Waals surface area contributed by atoms with Crippen LogP contribution in [0.3, 0.4) is 0 Å². The smallest absolute Gasteiger partial charge is 0.0479 e. The molecule has 2 rings (SSSR count). The lowest BCUT2D eigenvalue weighted by molar-refractivity contribution is 1.38. The van der Waals surface area contributed by atoms with Gasteiger partial charge in [-0.25, -0.2) is 4.37 Å². The number of aromatic nitrogens is 2. The van der Waals surface area contributed by atoms with Crippen LogP contribution in [-0.4, -0.2) is 9.36 Å². The van der Waals surface area contributed by atoms with Crippen molar-refractivity contribution in [2.75, 3.05) is 0 Å². The van der Waals surface area contributed by atoms with Crippen LogP contribution in [0, 0.1) is 0 Å². The summed E-state index contributed by atoms with van der Waals surface area (Å²) in [5.41, 5.74) is 2.26. The van der Waals surface area contributed by atoms with E-state index in [0.29, 0.717) is 0 Å². The third-order valence-electron chi connectivity index (χ3n) is 1.53. The van der Waals surface area contributed by atoms with Crippen LogP contribution in [-0.2, 0) is 0 Å². The third-order valence-corrected chi connectivity index (χ3v) is 2.13. The Hall–Kier alpha value is -1.35. The first-order valence-electron chi connectivity index (χ1n) is 3.66. The maximum Gasteiger partial charge on any atom is 0.0479 e. The molecule has 0 radical (unpaired) electrons. The normalized spacial score (nSPS) is 11.0. The summed E-state index contributed by atoms with van der Waals surface area (Å²) in [6.07, 6.45) is 7.83. The Labute approximate surface area is 74.7 Å². The molecule has 2 heterocycles. The zero-order chi connectivity index (χ0) is 8.23. The zero-order valence-corrected chi connectivity index (χ0v) is 7.21. The van der Waals surface area contributed by atoms with Gasteiger partial charge in [-0.1, -0.05) is 6.08 Å². The number of H-pyrrole nitrogens is 1. The second-order valence-electron chi connectivity index (χ2n) is 2.42. The molecule has 12 heavy (non-hydrogen) atoms. The van der Waals surface area contributed by atoms with Gasteiger partial charge in [-0.3, -0.25) is 0 Å². The molecule has 0 saturated carbocycles. The summed E-state index contributed by atoms with van der Waals surface area (Å²) >= 11 is 1.47. The highest BCUT2D eigenvalue weighted by atomic mass is 32.1. The monoisotopic (exact) mass is 176 g/mol. The lowest BCUT2D eigenvalue weighted by Gasteiger charge is -1.83. The van der Waals surface area contributed by atoms with Crippen LogP contribution in [0.1, 0.15) is 11.3 Å². The molecule has 0 unspecified atom stereocenters. The lowest BCUT2D eigenvalue weighted by Crippen LogP contribution is -1.66. The molecule has 2 aromatic heterocycles. The van der Waals surface area contributed by atoms with Crippen molar-refractivity contribution >= 4 is 23.7 Å². The minimum absolute atomic E-state index is 1.11. The number of hydrogen-bond donors (Lipinski definition) is 1. The minimum atomic E-state index is 1.11. The van der Waals surface area contributed by atoms with Crippen LogP contribution in [0.2, 0.25) is 0 Å². The summed E-state index contributed by atoms with van der Waals surface area (Å²) in [5, 5.41) is 2.01. The van der Waals surface area contributed by atoms with Crippen molar-refractivity contribution in [1.29, 1.82) is 0 Å². The Bertz CT molecular complexity index is 310. The molecule has 0 bridgehead atoms. The van der Waals surface area contributed by atoms with Gasteiger partial charge >= 0.3 is 0 Å². The minimum Gasteiger partial charge on any atom is -0.362 e. The van der Waals surface area contributed by atoms with Crippen LogP contribution in [0.15, 0.2) is 29.9 Å². The molecule has 0 aliphatic heterocycles. The van der Waals surface area contributed by atoms with E-state index in [1.807, 2.05) is 42.1 Å². The zero-order valence-electron chi connectivity index (χ0n) is 6.40. The van der Waals surface area contributed by atoms with Crippen molar-refractivity contribution in [1.82, 2.24) is 9.36 Å². The fraction of sp³-hybridized carbons (Fsp3) is 0. The molecule has 1 N–H and O–H groups in total. The van der Waals surface area contributed by atoms with Crippen molar-refractivity contribution in [2.24, 2.45) is 0 Å². The quantitative estimate of drug-likeness (QED) is 0.748. The van der Waals surface area contributed by atoms with Crippen LogP contribution >= 0.6 is 11.5 Å². The van der Waals surface area contributed by atoms with Gasteiger partial charge in [0.05, 0.1) is 0 Å². The van der Waals surface area contributed by atoms with Gasteiger partial charge in [-0.15, -0.1) is 0 Å². The fourth-order valence-electron chi connectivity index (χ4n) is 0.929. The van der Waals surface area contributed by atoms with E-state index in [2.05, 4.69) is 9.36 Å². The van der Waals surface area contributed by atoms with E-state index in [0.717, 1.165) is 11.3 Å². The Morgan fingerprint density at radius 3 is 3.08 bits per heavy atom. The highest BCUT2D eigenvalue weighted by Gasteiger charge is 1.87. The fourth-order valence-corrected chi connectivity index (χ4v) is 1.43. The Kier molecular flexibility index (Phi) is 2.05. The molecular weight excluding hydrogens is 168 g/mol. The van der Waals surface area contributed by atoms with Gasteiger partial charge in [0.2, 0.25) is 0 Å².